The number of fused-ring (bicyclic) bond motifs is 1. The van der Waals surface area contributed by atoms with Crippen molar-refractivity contribution in [2.45, 2.75) is 6.92 Å². The second-order valence-corrected chi connectivity index (χ2v) is 5.69. The summed E-state index contributed by atoms with van der Waals surface area (Å²) in [7, 11) is 0. The normalized spacial score (nSPS) is 10.8. The van der Waals surface area contributed by atoms with E-state index < -0.39 is 0 Å². The Hall–Kier alpha value is -1.85. The maximum Gasteiger partial charge on any atom is 0.232 e. The number of aromatic nitrogens is 2. The van der Waals surface area contributed by atoms with Gasteiger partial charge in [0.15, 0.2) is 0 Å². The van der Waals surface area contributed by atoms with Crippen LogP contribution in [0.25, 0.3) is 10.2 Å². The molecule has 3 rings (SSSR count). The zero-order valence-electron chi connectivity index (χ0n) is 10.1. The largest absolute Gasteiger partial charge is 0.438 e. The predicted molar refractivity (Wildman–Crippen MR) is 78.1 cm³/mol. The van der Waals surface area contributed by atoms with Crippen molar-refractivity contribution < 1.29 is 4.74 Å². The van der Waals surface area contributed by atoms with Crippen LogP contribution in [-0.2, 0) is 0 Å². The van der Waals surface area contributed by atoms with E-state index in [0.717, 1.165) is 15.1 Å². The van der Waals surface area contributed by atoms with Gasteiger partial charge >= 0.3 is 0 Å². The molecule has 0 atom stereocenters. The Morgan fingerprint density at radius 2 is 2.11 bits per heavy atom. The van der Waals surface area contributed by atoms with Gasteiger partial charge < -0.3 is 10.5 Å². The number of nitrogen functional groups attached to an aromatic ring is 1. The molecule has 2 N–H and O–H groups in total. The molecule has 96 valence electrons. The Morgan fingerprint density at radius 1 is 1.26 bits per heavy atom. The molecule has 0 aliphatic rings. The number of halogens is 1. The number of hydrogen-bond donors (Lipinski definition) is 1. The van der Waals surface area contributed by atoms with Crippen LogP contribution in [-0.4, -0.2) is 9.97 Å². The van der Waals surface area contributed by atoms with Crippen molar-refractivity contribution >= 4 is 39.1 Å². The van der Waals surface area contributed by atoms with Crippen LogP contribution in [0.2, 0.25) is 5.02 Å². The van der Waals surface area contributed by atoms with E-state index in [1.165, 1.54) is 0 Å². The highest BCUT2D eigenvalue weighted by atomic mass is 35.5. The Bertz CT molecular complexity index is 757. The van der Waals surface area contributed by atoms with Crippen LogP contribution in [0, 0.1) is 6.92 Å². The second kappa shape index (κ2) is 4.68. The second-order valence-electron chi connectivity index (χ2n) is 4.02. The highest BCUT2D eigenvalue weighted by Gasteiger charge is 2.11. The first-order chi connectivity index (χ1) is 9.11. The molecule has 2 aromatic heterocycles. The minimum Gasteiger partial charge on any atom is -0.438 e. The molecule has 0 radical (unpaired) electrons. The van der Waals surface area contributed by atoms with Crippen LogP contribution in [0.4, 0.5) is 5.95 Å². The van der Waals surface area contributed by atoms with Crippen LogP contribution in [0.15, 0.2) is 30.3 Å². The third kappa shape index (κ3) is 2.47. The highest BCUT2D eigenvalue weighted by Crippen LogP contribution is 2.33. The summed E-state index contributed by atoms with van der Waals surface area (Å²) in [5.74, 6) is 1.27. The molecule has 0 unspecified atom stereocenters. The summed E-state index contributed by atoms with van der Waals surface area (Å²) in [6, 6.07) is 9.13. The lowest BCUT2D eigenvalue weighted by molar-refractivity contribution is 0.469. The fraction of sp³-hybridized carbons (Fsp3) is 0.0769. The fourth-order valence-electron chi connectivity index (χ4n) is 1.75. The van der Waals surface area contributed by atoms with Crippen molar-refractivity contribution in [2.75, 3.05) is 5.73 Å². The average molecular weight is 292 g/mol. The SMILES string of the molecule is Cc1cc2c(Oc3cccc(Cl)c3)nc(N)nc2s1. The first-order valence-corrected chi connectivity index (χ1v) is 6.78. The van der Waals surface area contributed by atoms with Crippen molar-refractivity contribution in [1.29, 1.82) is 0 Å². The van der Waals surface area contributed by atoms with Gasteiger partial charge in [0.1, 0.15) is 10.6 Å². The van der Waals surface area contributed by atoms with Gasteiger partial charge in [0, 0.05) is 9.90 Å². The number of hydrogen-bond acceptors (Lipinski definition) is 5. The zero-order chi connectivity index (χ0) is 13.4. The molecule has 1 aromatic carbocycles. The van der Waals surface area contributed by atoms with Gasteiger partial charge in [-0.2, -0.15) is 4.98 Å². The molecule has 0 fully saturated rings. The number of anilines is 1. The standard InChI is InChI=1S/C13H10ClN3OS/c1-7-5-10-11(16-13(15)17-12(10)19-7)18-9-4-2-3-8(14)6-9/h2-6H,1H3,(H2,15,16,17). The van der Waals surface area contributed by atoms with Crippen LogP contribution in [0.1, 0.15) is 4.88 Å². The molecule has 6 heteroatoms. The Labute approximate surface area is 118 Å². The van der Waals surface area contributed by atoms with Gasteiger partial charge in [0.25, 0.3) is 0 Å². The van der Waals surface area contributed by atoms with Crippen molar-refractivity contribution in [3.05, 3.63) is 40.2 Å². The van der Waals surface area contributed by atoms with E-state index in [1.54, 1.807) is 23.5 Å². The predicted octanol–water partition coefficient (Wildman–Crippen LogP) is 4.03. The summed E-state index contributed by atoms with van der Waals surface area (Å²) in [6.07, 6.45) is 0. The van der Waals surface area contributed by atoms with E-state index in [2.05, 4.69) is 9.97 Å². The lowest BCUT2D eigenvalue weighted by Crippen LogP contribution is -1.97. The van der Waals surface area contributed by atoms with Crippen LogP contribution in [0.5, 0.6) is 11.6 Å². The molecule has 0 aliphatic heterocycles. The number of ether oxygens (including phenoxy) is 1. The van der Waals surface area contributed by atoms with E-state index in [-0.39, 0.29) is 5.95 Å². The van der Waals surface area contributed by atoms with Crippen LogP contribution >= 0.6 is 22.9 Å². The van der Waals surface area contributed by atoms with E-state index >= 15 is 0 Å². The molecule has 2 heterocycles. The van der Waals surface area contributed by atoms with E-state index in [1.807, 2.05) is 25.1 Å². The van der Waals surface area contributed by atoms with Gasteiger partial charge in [-0.1, -0.05) is 17.7 Å². The average Bonchev–Trinajstić information content (AvgIpc) is 2.69. The molecule has 0 bridgehead atoms. The fourth-order valence-corrected chi connectivity index (χ4v) is 2.81. The zero-order valence-corrected chi connectivity index (χ0v) is 11.6. The summed E-state index contributed by atoms with van der Waals surface area (Å²) in [5.41, 5.74) is 5.70. The molecule has 0 saturated heterocycles. The molecule has 4 nitrogen and oxygen atoms in total. The molecular weight excluding hydrogens is 282 g/mol. The molecule has 0 aliphatic carbocycles. The number of rotatable bonds is 2. The monoisotopic (exact) mass is 291 g/mol. The first kappa shape index (κ1) is 12.2. The molecule has 0 spiro atoms. The summed E-state index contributed by atoms with van der Waals surface area (Å²) in [4.78, 5) is 10.3. The molecule has 0 amide bonds. The Balaban J connectivity index is 2.09. The maximum absolute atomic E-state index is 5.93. The van der Waals surface area contributed by atoms with E-state index in [0.29, 0.717) is 16.7 Å². The molecule has 3 aromatic rings. The number of aryl methyl sites for hydroxylation is 1. The highest BCUT2D eigenvalue weighted by molar-refractivity contribution is 7.18. The number of benzene rings is 1. The smallest absolute Gasteiger partial charge is 0.232 e. The van der Waals surface area contributed by atoms with Gasteiger partial charge in [-0.15, -0.1) is 11.3 Å². The van der Waals surface area contributed by atoms with Gasteiger partial charge in [0.05, 0.1) is 5.39 Å². The number of nitrogens with two attached hydrogens (primary N) is 1. The van der Waals surface area contributed by atoms with E-state index in [4.69, 9.17) is 22.1 Å². The topological polar surface area (TPSA) is 61.0 Å². The first-order valence-electron chi connectivity index (χ1n) is 5.59. The van der Waals surface area contributed by atoms with Gasteiger partial charge in [-0.25, -0.2) is 4.98 Å². The lowest BCUT2D eigenvalue weighted by atomic mass is 10.3. The Kier molecular flexibility index (Phi) is 3.00. The van der Waals surface area contributed by atoms with Gasteiger partial charge in [-0.3, -0.25) is 0 Å². The van der Waals surface area contributed by atoms with Crippen molar-refractivity contribution in [2.24, 2.45) is 0 Å². The minimum atomic E-state index is 0.200. The van der Waals surface area contributed by atoms with Crippen LogP contribution < -0.4 is 10.5 Å². The molecule has 19 heavy (non-hydrogen) atoms. The summed E-state index contributed by atoms with van der Waals surface area (Å²) in [6.45, 7) is 2.01. The minimum absolute atomic E-state index is 0.200. The lowest BCUT2D eigenvalue weighted by Gasteiger charge is -2.06. The van der Waals surface area contributed by atoms with Crippen molar-refractivity contribution in [1.82, 2.24) is 9.97 Å². The third-order valence-corrected chi connectivity index (χ3v) is 3.69. The van der Waals surface area contributed by atoms with Crippen LogP contribution in [0.3, 0.4) is 0 Å². The summed E-state index contributed by atoms with van der Waals surface area (Å²) in [5, 5.41) is 1.47. The quantitative estimate of drug-likeness (QED) is 0.774. The van der Waals surface area contributed by atoms with E-state index in [9.17, 15) is 0 Å². The third-order valence-electron chi connectivity index (χ3n) is 2.51. The molecule has 0 saturated carbocycles. The summed E-state index contributed by atoms with van der Waals surface area (Å²) >= 11 is 7.49. The van der Waals surface area contributed by atoms with Gasteiger partial charge in [-0.05, 0) is 31.2 Å². The van der Waals surface area contributed by atoms with Crippen molar-refractivity contribution in [3.8, 4) is 11.6 Å². The maximum atomic E-state index is 5.93. The molecular formula is C13H10ClN3OS. The summed E-state index contributed by atoms with van der Waals surface area (Å²) < 4.78 is 5.76. The Morgan fingerprint density at radius 3 is 2.89 bits per heavy atom. The number of nitrogens with zero attached hydrogens (tertiary/aromatic N) is 2. The number of thiophene rings is 1. The van der Waals surface area contributed by atoms with Crippen molar-refractivity contribution in [3.63, 3.8) is 0 Å². The van der Waals surface area contributed by atoms with Gasteiger partial charge in [0.2, 0.25) is 11.8 Å².